The van der Waals surface area contributed by atoms with Gasteiger partial charge in [0.25, 0.3) is 0 Å². The highest BCUT2D eigenvalue weighted by atomic mass is 32.2. The predicted octanol–water partition coefficient (Wildman–Crippen LogP) is -0.541. The maximum atomic E-state index is 12.7. The topological polar surface area (TPSA) is 95.0 Å². The lowest BCUT2D eigenvalue weighted by atomic mass is 10.1. The molecule has 7 nitrogen and oxygen atoms in total. The number of sulfone groups is 1. The van der Waals surface area contributed by atoms with Crippen LogP contribution in [0.15, 0.2) is 29.2 Å². The minimum atomic E-state index is -3.54. The molecular weight excluding hydrogens is 352 g/mol. The van der Waals surface area contributed by atoms with Gasteiger partial charge in [-0.1, -0.05) is 17.7 Å². The SMILES string of the molecule is Cc1ccc(S(=O)(=O)N2CCN([C@@H]3CS(=O)(=O)C[C@@H]3O)CC2)cc1. The van der Waals surface area contributed by atoms with Crippen molar-refractivity contribution in [2.75, 3.05) is 37.7 Å². The number of aryl methyl sites for hydroxylation is 1. The summed E-state index contributed by atoms with van der Waals surface area (Å²) in [6, 6.07) is 6.31. The lowest BCUT2D eigenvalue weighted by Crippen LogP contribution is -2.54. The molecule has 0 radical (unpaired) electrons. The van der Waals surface area contributed by atoms with Gasteiger partial charge in [-0.2, -0.15) is 4.31 Å². The molecule has 2 fully saturated rings. The van der Waals surface area contributed by atoms with Gasteiger partial charge in [0.15, 0.2) is 9.84 Å². The van der Waals surface area contributed by atoms with Crippen LogP contribution in [-0.2, 0) is 19.9 Å². The van der Waals surface area contributed by atoms with Crippen LogP contribution in [0.5, 0.6) is 0 Å². The Kier molecular flexibility index (Phi) is 4.73. The van der Waals surface area contributed by atoms with Crippen LogP contribution in [0, 0.1) is 6.92 Å². The standard InChI is InChI=1S/C15H22N2O5S2/c1-12-2-4-13(5-3-12)24(21,22)17-8-6-16(7-9-17)14-10-23(19,20)11-15(14)18/h2-5,14-15,18H,6-11H2,1H3/t14-,15+/m1/s1. The Morgan fingerprint density at radius 2 is 1.62 bits per heavy atom. The lowest BCUT2D eigenvalue weighted by Gasteiger charge is -2.37. The molecule has 2 saturated heterocycles. The summed E-state index contributed by atoms with van der Waals surface area (Å²) in [5, 5.41) is 9.95. The third kappa shape index (κ3) is 3.50. The normalized spacial score (nSPS) is 28.9. The molecule has 1 aromatic rings. The van der Waals surface area contributed by atoms with Crippen molar-refractivity contribution < 1.29 is 21.9 Å². The second-order valence-electron chi connectivity index (χ2n) is 6.46. The van der Waals surface area contributed by atoms with E-state index in [-0.39, 0.29) is 16.4 Å². The molecule has 2 heterocycles. The minimum absolute atomic E-state index is 0.0567. The van der Waals surface area contributed by atoms with Crippen molar-refractivity contribution in [3.63, 3.8) is 0 Å². The van der Waals surface area contributed by atoms with Crippen molar-refractivity contribution in [2.45, 2.75) is 24.0 Å². The van der Waals surface area contributed by atoms with E-state index in [1.165, 1.54) is 4.31 Å². The monoisotopic (exact) mass is 374 g/mol. The van der Waals surface area contributed by atoms with Gasteiger partial charge in [0, 0.05) is 26.2 Å². The van der Waals surface area contributed by atoms with E-state index in [1.54, 1.807) is 24.3 Å². The first-order valence-electron chi connectivity index (χ1n) is 7.88. The van der Waals surface area contributed by atoms with Crippen molar-refractivity contribution in [1.29, 1.82) is 0 Å². The highest BCUT2D eigenvalue weighted by Gasteiger charge is 2.41. The molecule has 0 amide bonds. The van der Waals surface area contributed by atoms with Crippen molar-refractivity contribution >= 4 is 19.9 Å². The second-order valence-corrected chi connectivity index (χ2v) is 10.6. The fourth-order valence-electron chi connectivity index (χ4n) is 3.29. The molecule has 2 aliphatic rings. The molecule has 0 unspecified atom stereocenters. The van der Waals surface area contributed by atoms with Crippen LogP contribution in [0.25, 0.3) is 0 Å². The predicted molar refractivity (Wildman–Crippen MR) is 90.0 cm³/mol. The first kappa shape index (κ1) is 17.8. The molecule has 2 atom stereocenters. The summed E-state index contributed by atoms with van der Waals surface area (Å²) < 4.78 is 50.0. The van der Waals surface area contributed by atoms with Crippen LogP contribution in [0.1, 0.15) is 5.56 Å². The largest absolute Gasteiger partial charge is 0.390 e. The number of benzene rings is 1. The first-order valence-corrected chi connectivity index (χ1v) is 11.1. The number of aliphatic hydroxyl groups excluding tert-OH is 1. The van der Waals surface area contributed by atoms with Crippen LogP contribution >= 0.6 is 0 Å². The van der Waals surface area contributed by atoms with Gasteiger partial charge in [0.1, 0.15) is 0 Å². The Labute approximate surface area is 142 Å². The van der Waals surface area contributed by atoms with Crippen molar-refractivity contribution in [1.82, 2.24) is 9.21 Å². The smallest absolute Gasteiger partial charge is 0.243 e. The highest BCUT2D eigenvalue weighted by Crippen LogP contribution is 2.23. The van der Waals surface area contributed by atoms with Gasteiger partial charge >= 0.3 is 0 Å². The molecule has 0 aromatic heterocycles. The van der Waals surface area contributed by atoms with Gasteiger partial charge in [0.05, 0.1) is 28.5 Å². The summed E-state index contributed by atoms with van der Waals surface area (Å²) in [5.41, 5.74) is 0.996. The Morgan fingerprint density at radius 3 is 2.12 bits per heavy atom. The molecule has 1 aromatic carbocycles. The zero-order valence-corrected chi connectivity index (χ0v) is 15.1. The molecule has 3 rings (SSSR count). The Morgan fingerprint density at radius 1 is 1.04 bits per heavy atom. The summed E-state index contributed by atoms with van der Waals surface area (Å²) >= 11 is 0. The second kappa shape index (κ2) is 6.38. The first-order chi connectivity index (χ1) is 11.2. The van der Waals surface area contributed by atoms with E-state index >= 15 is 0 Å². The molecular formula is C15H22N2O5S2. The van der Waals surface area contributed by atoms with Crippen LogP contribution in [0.2, 0.25) is 0 Å². The van der Waals surface area contributed by atoms with E-state index in [0.717, 1.165) is 5.56 Å². The highest BCUT2D eigenvalue weighted by molar-refractivity contribution is 7.91. The summed E-state index contributed by atoms with van der Waals surface area (Å²) in [5.74, 6) is -0.265. The van der Waals surface area contributed by atoms with E-state index in [2.05, 4.69) is 0 Å². The van der Waals surface area contributed by atoms with Gasteiger partial charge in [-0.05, 0) is 19.1 Å². The number of hydrogen-bond acceptors (Lipinski definition) is 6. The number of sulfonamides is 1. The summed E-state index contributed by atoms with van der Waals surface area (Å²) in [4.78, 5) is 2.15. The number of rotatable bonds is 3. The average Bonchev–Trinajstić information content (AvgIpc) is 2.81. The van der Waals surface area contributed by atoms with E-state index < -0.39 is 32.0 Å². The Bertz CT molecular complexity index is 797. The van der Waals surface area contributed by atoms with Crippen LogP contribution in [0.3, 0.4) is 0 Å². The maximum absolute atomic E-state index is 12.7. The lowest BCUT2D eigenvalue weighted by molar-refractivity contribution is 0.0618. The molecule has 0 bridgehead atoms. The fourth-order valence-corrected chi connectivity index (χ4v) is 6.55. The molecule has 0 aliphatic carbocycles. The molecule has 9 heteroatoms. The number of hydrogen-bond donors (Lipinski definition) is 1. The molecule has 1 N–H and O–H groups in total. The van der Waals surface area contributed by atoms with E-state index in [9.17, 15) is 21.9 Å². The average molecular weight is 374 g/mol. The molecule has 134 valence electrons. The van der Waals surface area contributed by atoms with Crippen molar-refractivity contribution in [3.05, 3.63) is 29.8 Å². The summed E-state index contributed by atoms with van der Waals surface area (Å²) in [7, 11) is -6.74. The van der Waals surface area contributed by atoms with E-state index in [1.807, 2.05) is 11.8 Å². The summed E-state index contributed by atoms with van der Waals surface area (Å²) in [6.45, 7) is 3.32. The van der Waals surface area contributed by atoms with Crippen LogP contribution < -0.4 is 0 Å². The number of nitrogens with zero attached hydrogens (tertiary/aromatic N) is 2. The minimum Gasteiger partial charge on any atom is -0.390 e. The molecule has 24 heavy (non-hydrogen) atoms. The zero-order chi connectivity index (χ0) is 17.5. The van der Waals surface area contributed by atoms with E-state index in [4.69, 9.17) is 0 Å². The third-order valence-electron chi connectivity index (χ3n) is 4.69. The van der Waals surface area contributed by atoms with E-state index in [0.29, 0.717) is 26.2 Å². The van der Waals surface area contributed by atoms with Gasteiger partial charge in [-0.3, -0.25) is 4.90 Å². The zero-order valence-electron chi connectivity index (χ0n) is 13.5. The van der Waals surface area contributed by atoms with Gasteiger partial charge in [0.2, 0.25) is 10.0 Å². The quantitative estimate of drug-likeness (QED) is 0.764. The third-order valence-corrected chi connectivity index (χ3v) is 8.31. The Balaban J connectivity index is 1.68. The number of aliphatic hydroxyl groups is 1. The van der Waals surface area contributed by atoms with Crippen molar-refractivity contribution in [3.8, 4) is 0 Å². The fraction of sp³-hybridized carbons (Fsp3) is 0.600. The van der Waals surface area contributed by atoms with Crippen LogP contribution in [0.4, 0.5) is 0 Å². The molecule has 0 spiro atoms. The Hall–Kier alpha value is -1.00. The molecule has 0 saturated carbocycles. The number of piperazine rings is 1. The summed E-state index contributed by atoms with van der Waals surface area (Å²) in [6.07, 6.45) is -0.893. The maximum Gasteiger partial charge on any atom is 0.243 e. The van der Waals surface area contributed by atoms with Gasteiger partial charge in [-0.15, -0.1) is 0 Å². The van der Waals surface area contributed by atoms with Gasteiger partial charge < -0.3 is 5.11 Å². The van der Waals surface area contributed by atoms with Crippen molar-refractivity contribution in [2.24, 2.45) is 0 Å². The molecule has 2 aliphatic heterocycles. The van der Waals surface area contributed by atoms with Crippen LogP contribution in [-0.4, -0.2) is 81.0 Å². The van der Waals surface area contributed by atoms with Gasteiger partial charge in [-0.25, -0.2) is 16.8 Å².